The Hall–Kier alpha value is -2.97. The van der Waals surface area contributed by atoms with Gasteiger partial charge in [0.25, 0.3) is 5.91 Å². The maximum atomic E-state index is 12.5. The summed E-state index contributed by atoms with van der Waals surface area (Å²) in [5, 5.41) is 5.00. The first kappa shape index (κ1) is 20.8. The summed E-state index contributed by atoms with van der Waals surface area (Å²) in [4.78, 5) is 36.7. The number of methoxy groups -OCH3 is 1. The number of hydrogen-bond acceptors (Lipinski definition) is 7. The van der Waals surface area contributed by atoms with E-state index in [2.05, 4.69) is 10.6 Å². The molecule has 1 saturated carbocycles. The number of ether oxygens (including phenoxy) is 4. The van der Waals surface area contributed by atoms with Crippen molar-refractivity contribution >= 4 is 17.9 Å². The average molecular weight is 406 g/mol. The van der Waals surface area contributed by atoms with Gasteiger partial charge in [-0.25, -0.2) is 9.59 Å². The first-order chi connectivity index (χ1) is 14.0. The summed E-state index contributed by atoms with van der Waals surface area (Å²) in [5.74, 6) is -0.322. The van der Waals surface area contributed by atoms with E-state index < -0.39 is 24.0 Å². The van der Waals surface area contributed by atoms with Crippen LogP contribution in [0.25, 0.3) is 0 Å². The predicted molar refractivity (Wildman–Crippen MR) is 102 cm³/mol. The van der Waals surface area contributed by atoms with E-state index in [0.29, 0.717) is 30.5 Å². The Kier molecular flexibility index (Phi) is 6.79. The zero-order chi connectivity index (χ0) is 20.8. The third kappa shape index (κ3) is 5.30. The fourth-order valence-corrected chi connectivity index (χ4v) is 3.36. The lowest BCUT2D eigenvalue weighted by atomic mass is 9.96. The molecule has 0 saturated heterocycles. The highest BCUT2D eigenvalue weighted by atomic mass is 16.6. The lowest BCUT2D eigenvalue weighted by molar-refractivity contribution is -0.127. The fourth-order valence-electron chi connectivity index (χ4n) is 3.36. The van der Waals surface area contributed by atoms with E-state index in [1.165, 1.54) is 26.2 Å². The van der Waals surface area contributed by atoms with Gasteiger partial charge in [-0.3, -0.25) is 10.1 Å². The fraction of sp³-hybridized carbons (Fsp3) is 0.550. The molecule has 1 aliphatic heterocycles. The molecule has 0 spiro atoms. The highest BCUT2D eigenvalue weighted by molar-refractivity contribution is 5.98. The molecule has 1 fully saturated rings. The minimum Gasteiger partial charge on any atom is -0.493 e. The van der Waals surface area contributed by atoms with Crippen molar-refractivity contribution in [1.29, 1.82) is 0 Å². The maximum absolute atomic E-state index is 12.5. The molecule has 9 nitrogen and oxygen atoms in total. The smallest absolute Gasteiger partial charge is 0.339 e. The molecule has 1 aromatic rings. The maximum Gasteiger partial charge on any atom is 0.339 e. The van der Waals surface area contributed by atoms with Crippen LogP contribution in [-0.4, -0.2) is 50.4 Å². The van der Waals surface area contributed by atoms with Gasteiger partial charge in [-0.15, -0.1) is 0 Å². The quantitative estimate of drug-likeness (QED) is 0.721. The molecule has 3 rings (SSSR count). The predicted octanol–water partition coefficient (Wildman–Crippen LogP) is 2.17. The highest BCUT2D eigenvalue weighted by Gasteiger charge is 2.25. The lowest BCUT2D eigenvalue weighted by Gasteiger charge is -2.23. The van der Waals surface area contributed by atoms with Crippen molar-refractivity contribution in [1.82, 2.24) is 10.6 Å². The van der Waals surface area contributed by atoms with Crippen LogP contribution in [0.3, 0.4) is 0 Å². The molecule has 0 bridgehead atoms. The number of nitrogens with one attached hydrogen (secondary N) is 2. The van der Waals surface area contributed by atoms with Crippen LogP contribution in [0.15, 0.2) is 12.1 Å². The summed E-state index contributed by atoms with van der Waals surface area (Å²) >= 11 is 0. The molecular formula is C20H26N2O7. The van der Waals surface area contributed by atoms with Gasteiger partial charge in [-0.05, 0) is 31.9 Å². The second-order valence-corrected chi connectivity index (χ2v) is 7.05. The second kappa shape index (κ2) is 9.49. The van der Waals surface area contributed by atoms with Crippen LogP contribution in [0.1, 0.15) is 49.4 Å². The molecule has 0 aromatic heterocycles. The Morgan fingerprint density at radius 3 is 2.55 bits per heavy atom. The standard InChI is InChI=1S/C20H26N2O7/c1-12(18(23)22-20(25)21-14-6-4-3-5-7-14)29-19(24)13-10-15(26-2)17-16(11-13)27-8-9-28-17/h10-12,14H,3-9H2,1-2H3,(H2,21,22,23,25)/t12-/m0/s1. The molecule has 1 heterocycles. The third-order valence-electron chi connectivity index (χ3n) is 4.89. The zero-order valence-corrected chi connectivity index (χ0v) is 16.6. The number of rotatable bonds is 5. The molecule has 1 atom stereocenters. The van der Waals surface area contributed by atoms with Crippen molar-refractivity contribution in [2.24, 2.45) is 0 Å². The molecule has 1 aliphatic carbocycles. The van der Waals surface area contributed by atoms with Gasteiger partial charge in [0.2, 0.25) is 5.75 Å². The number of carbonyl (C=O) groups is 3. The van der Waals surface area contributed by atoms with Gasteiger partial charge in [0.15, 0.2) is 17.6 Å². The summed E-state index contributed by atoms with van der Waals surface area (Å²) < 4.78 is 21.4. The Balaban J connectivity index is 1.56. The van der Waals surface area contributed by atoms with Crippen molar-refractivity contribution in [3.05, 3.63) is 17.7 Å². The summed E-state index contributed by atoms with van der Waals surface area (Å²) in [5.41, 5.74) is 0.150. The van der Waals surface area contributed by atoms with Crippen molar-refractivity contribution in [2.75, 3.05) is 20.3 Å². The van der Waals surface area contributed by atoms with Gasteiger partial charge in [0, 0.05) is 6.04 Å². The molecule has 2 aliphatic rings. The Labute approximate surface area is 169 Å². The monoisotopic (exact) mass is 406 g/mol. The number of imide groups is 1. The molecule has 2 N–H and O–H groups in total. The largest absolute Gasteiger partial charge is 0.493 e. The average Bonchev–Trinajstić information content (AvgIpc) is 2.73. The molecule has 1 aromatic carbocycles. The molecule has 3 amide bonds. The Bertz CT molecular complexity index is 757. The number of esters is 1. The van der Waals surface area contributed by atoms with Crippen molar-refractivity contribution in [3.8, 4) is 17.2 Å². The molecule has 29 heavy (non-hydrogen) atoms. The second-order valence-electron chi connectivity index (χ2n) is 7.05. The summed E-state index contributed by atoms with van der Waals surface area (Å²) in [6, 6.07) is 2.42. The van der Waals surface area contributed by atoms with E-state index >= 15 is 0 Å². The first-order valence-electron chi connectivity index (χ1n) is 9.78. The summed E-state index contributed by atoms with van der Waals surface area (Å²) in [6.45, 7) is 2.13. The Morgan fingerprint density at radius 1 is 1.10 bits per heavy atom. The number of carbonyl (C=O) groups excluding carboxylic acids is 3. The van der Waals surface area contributed by atoms with Crippen LogP contribution < -0.4 is 24.8 Å². The number of urea groups is 1. The molecule has 0 radical (unpaired) electrons. The molecule has 0 unspecified atom stereocenters. The van der Waals surface area contributed by atoms with Gasteiger partial charge in [0.1, 0.15) is 13.2 Å². The molecule has 158 valence electrons. The third-order valence-corrected chi connectivity index (χ3v) is 4.89. The lowest BCUT2D eigenvalue weighted by Crippen LogP contribution is -2.48. The van der Waals surface area contributed by atoms with E-state index in [1.807, 2.05) is 0 Å². The normalized spacial score (nSPS) is 17.0. The zero-order valence-electron chi connectivity index (χ0n) is 16.6. The van der Waals surface area contributed by atoms with Gasteiger partial charge in [0.05, 0.1) is 12.7 Å². The van der Waals surface area contributed by atoms with Crippen LogP contribution in [0.5, 0.6) is 17.2 Å². The van der Waals surface area contributed by atoms with Crippen LogP contribution in [0.2, 0.25) is 0 Å². The number of benzene rings is 1. The van der Waals surface area contributed by atoms with Crippen LogP contribution in [-0.2, 0) is 9.53 Å². The van der Waals surface area contributed by atoms with Crippen LogP contribution in [0.4, 0.5) is 4.79 Å². The van der Waals surface area contributed by atoms with Gasteiger partial charge in [-0.2, -0.15) is 0 Å². The van der Waals surface area contributed by atoms with Crippen molar-refractivity contribution < 1.29 is 33.3 Å². The van der Waals surface area contributed by atoms with E-state index in [4.69, 9.17) is 18.9 Å². The minimum absolute atomic E-state index is 0.0691. The summed E-state index contributed by atoms with van der Waals surface area (Å²) in [7, 11) is 1.45. The van der Waals surface area contributed by atoms with Crippen LogP contribution in [0, 0.1) is 0 Å². The van der Waals surface area contributed by atoms with E-state index in [1.54, 1.807) is 0 Å². The van der Waals surface area contributed by atoms with Gasteiger partial charge in [-0.1, -0.05) is 19.3 Å². The van der Waals surface area contributed by atoms with Gasteiger partial charge < -0.3 is 24.3 Å². The number of fused-ring (bicyclic) bond motifs is 1. The SMILES string of the molecule is COc1cc(C(=O)O[C@@H](C)C(=O)NC(=O)NC2CCCCC2)cc2c1OCCO2. The summed E-state index contributed by atoms with van der Waals surface area (Å²) in [6.07, 6.45) is 3.93. The van der Waals surface area contributed by atoms with Crippen molar-refractivity contribution in [2.45, 2.75) is 51.2 Å². The topological polar surface area (TPSA) is 112 Å². The van der Waals surface area contributed by atoms with E-state index in [0.717, 1.165) is 32.1 Å². The van der Waals surface area contributed by atoms with Gasteiger partial charge >= 0.3 is 12.0 Å². The first-order valence-corrected chi connectivity index (χ1v) is 9.78. The Morgan fingerprint density at radius 2 is 1.83 bits per heavy atom. The van der Waals surface area contributed by atoms with E-state index in [9.17, 15) is 14.4 Å². The molecule has 9 heteroatoms. The van der Waals surface area contributed by atoms with Crippen LogP contribution >= 0.6 is 0 Å². The number of amides is 3. The molecular weight excluding hydrogens is 380 g/mol. The minimum atomic E-state index is -1.15. The highest BCUT2D eigenvalue weighted by Crippen LogP contribution is 2.40. The van der Waals surface area contributed by atoms with E-state index in [-0.39, 0.29) is 11.6 Å². The van der Waals surface area contributed by atoms with Crippen molar-refractivity contribution in [3.63, 3.8) is 0 Å². The number of hydrogen-bond donors (Lipinski definition) is 2.